The van der Waals surface area contributed by atoms with E-state index < -0.39 is 14.0 Å². The fraction of sp³-hybridized carbons (Fsp3) is 0.217. The van der Waals surface area contributed by atoms with Crippen LogP contribution in [0.1, 0.15) is 83.0 Å². The predicted molar refractivity (Wildman–Crippen MR) is 282 cm³/mol. The number of imidazole rings is 1. The summed E-state index contributed by atoms with van der Waals surface area (Å²) < 4.78 is 23.6. The van der Waals surface area contributed by atoms with E-state index in [2.05, 4.69) is 160 Å². The van der Waals surface area contributed by atoms with Gasteiger partial charge in [0.25, 0.3) is 0 Å². The van der Waals surface area contributed by atoms with E-state index in [1.54, 1.807) is 0 Å². The minimum Gasteiger partial charge on any atom is -0.501 e. The Morgan fingerprint density at radius 2 is 1.25 bits per heavy atom. The Morgan fingerprint density at radius 1 is 0.618 bits per heavy atom. The van der Waals surface area contributed by atoms with Gasteiger partial charge in [-0.3, -0.25) is 4.98 Å². The first-order valence-corrected chi connectivity index (χ1v) is 26.8. The Hall–Kier alpha value is -6.44. The zero-order valence-corrected chi connectivity index (χ0v) is 43.8. The summed E-state index contributed by atoms with van der Waals surface area (Å²) in [6.45, 7) is 21.8. The van der Waals surface area contributed by atoms with Gasteiger partial charge in [-0.2, -0.15) is 0 Å². The van der Waals surface area contributed by atoms with E-state index >= 15 is 0 Å². The van der Waals surface area contributed by atoms with Gasteiger partial charge < -0.3 is 18.4 Å². The summed E-state index contributed by atoms with van der Waals surface area (Å²) in [6.07, 6.45) is 1.96. The van der Waals surface area contributed by atoms with Crippen LogP contribution in [0, 0.1) is 19.1 Å². The standard InChI is InChI=1S/C37H31N2O.C23H25N2OSi.Ir/c1-23(2)30-21-26(25-13-6-5-7-14-25)22-31(24(3)4)35(30)39-33-19-10-9-18-32(33)38-37(39)29-17-12-16-28-27-15-8-11-20-34(27)40-36(28)29;1-14(2)19-12-20(24-13-21(19)27(4,5)6)18-9-7-8-16-17-11-10-15(3)25-23(17)26-22(16)18;/h5-16,18-24H,1-4H3;7-8,10-14H,1-6H3;/q2*-1;/i;14D;. The third kappa shape index (κ3) is 8.44. The third-order valence-corrected chi connectivity index (χ3v) is 14.8. The van der Waals surface area contributed by atoms with Crippen molar-refractivity contribution in [1.82, 2.24) is 19.5 Å². The molecule has 0 saturated carbocycles. The van der Waals surface area contributed by atoms with Crippen LogP contribution < -0.4 is 5.19 Å². The number of benzene rings is 6. The van der Waals surface area contributed by atoms with Crippen LogP contribution in [0.15, 0.2) is 148 Å². The smallest absolute Gasteiger partial charge is 0.216 e. The molecule has 0 atom stereocenters. The first kappa shape index (κ1) is 45.3. The molecule has 0 saturated heterocycles. The van der Waals surface area contributed by atoms with Gasteiger partial charge in [0.1, 0.15) is 5.58 Å². The van der Waals surface area contributed by atoms with Crippen molar-refractivity contribution in [3.05, 3.63) is 174 Å². The Kier molecular flexibility index (Phi) is 12.4. The number of hydrogen-bond acceptors (Lipinski definition) is 5. The van der Waals surface area contributed by atoms with E-state index in [9.17, 15) is 0 Å². The second kappa shape index (κ2) is 18.6. The fourth-order valence-corrected chi connectivity index (χ4v) is 11.0. The molecule has 1 radical (unpaired) electrons. The molecule has 0 aliphatic heterocycles. The summed E-state index contributed by atoms with van der Waals surface area (Å²) in [4.78, 5) is 14.5. The number of aromatic nitrogens is 4. The quantitative estimate of drug-likeness (QED) is 0.112. The zero-order chi connectivity index (χ0) is 47.6. The van der Waals surface area contributed by atoms with Crippen LogP contribution in [-0.4, -0.2) is 27.6 Å². The van der Waals surface area contributed by atoms with Gasteiger partial charge in [-0.15, -0.1) is 36.4 Å². The Morgan fingerprint density at radius 3 is 1.94 bits per heavy atom. The van der Waals surface area contributed by atoms with Gasteiger partial charge >= 0.3 is 0 Å². The van der Waals surface area contributed by atoms with E-state index in [-0.39, 0.29) is 20.1 Å². The number of aryl methyl sites for hydroxylation is 1. The van der Waals surface area contributed by atoms with Gasteiger partial charge in [0.2, 0.25) is 5.71 Å². The number of para-hydroxylation sites is 3. The number of pyridine rings is 2. The monoisotopic (exact) mass is 1090 g/mol. The number of fused-ring (bicyclic) bond motifs is 7. The maximum atomic E-state index is 8.68. The van der Waals surface area contributed by atoms with E-state index in [1.165, 1.54) is 33.1 Å². The van der Waals surface area contributed by atoms with Crippen molar-refractivity contribution in [3.8, 4) is 39.5 Å². The van der Waals surface area contributed by atoms with Gasteiger partial charge in [0, 0.05) is 49.8 Å². The van der Waals surface area contributed by atoms with Gasteiger partial charge in [-0.1, -0.05) is 155 Å². The fourth-order valence-electron chi connectivity index (χ4n) is 9.40. The van der Waals surface area contributed by atoms with Crippen molar-refractivity contribution in [1.29, 1.82) is 0 Å². The molecule has 5 heterocycles. The second-order valence-corrected chi connectivity index (χ2v) is 24.5. The molecule has 0 bridgehead atoms. The summed E-state index contributed by atoms with van der Waals surface area (Å²) in [6, 6.07) is 53.0. The molecule has 6 aromatic carbocycles. The molecule has 0 aliphatic carbocycles. The Balaban J connectivity index is 0.000000180. The van der Waals surface area contributed by atoms with Crippen molar-refractivity contribution < 1.29 is 30.3 Å². The molecule has 0 aliphatic rings. The molecule has 0 fully saturated rings. The molecule has 0 spiro atoms. The van der Waals surface area contributed by atoms with Crippen molar-refractivity contribution in [2.75, 3.05) is 0 Å². The Labute approximate surface area is 415 Å². The minimum atomic E-state index is -1.62. The van der Waals surface area contributed by atoms with Crippen LogP contribution in [0.2, 0.25) is 19.6 Å². The van der Waals surface area contributed by atoms with Gasteiger partial charge in [-0.05, 0) is 100 Å². The van der Waals surface area contributed by atoms with E-state index in [0.29, 0.717) is 17.5 Å². The zero-order valence-electron chi connectivity index (χ0n) is 41.4. The molecule has 0 amide bonds. The summed E-state index contributed by atoms with van der Waals surface area (Å²) >= 11 is 0. The summed E-state index contributed by atoms with van der Waals surface area (Å²) in [7, 11) is -1.62. The van der Waals surface area contributed by atoms with Crippen molar-refractivity contribution in [2.45, 2.75) is 85.8 Å². The molecule has 8 heteroatoms. The number of hydrogen-bond donors (Lipinski definition) is 0. The van der Waals surface area contributed by atoms with Crippen molar-refractivity contribution >= 4 is 68.3 Å². The van der Waals surface area contributed by atoms with Gasteiger partial charge in [0.05, 0.1) is 36.1 Å². The molecule has 0 N–H and O–H groups in total. The maximum Gasteiger partial charge on any atom is 0.216 e. The molecule has 343 valence electrons. The number of nitrogens with zero attached hydrogens (tertiary/aromatic N) is 4. The van der Waals surface area contributed by atoms with Crippen molar-refractivity contribution in [3.63, 3.8) is 0 Å². The van der Waals surface area contributed by atoms with Gasteiger partial charge in [-0.25, -0.2) is 4.98 Å². The van der Waals surface area contributed by atoms with E-state index in [1.807, 2.05) is 69.4 Å². The van der Waals surface area contributed by atoms with Crippen LogP contribution in [0.5, 0.6) is 0 Å². The normalized spacial score (nSPS) is 12.3. The molecule has 5 aromatic heterocycles. The van der Waals surface area contributed by atoms with Crippen LogP contribution in [0.4, 0.5) is 0 Å². The average molecular weight is 1090 g/mol. The molecule has 11 rings (SSSR count). The minimum absolute atomic E-state index is 0. The first-order chi connectivity index (χ1) is 32.6. The topological polar surface area (TPSA) is 69.9 Å². The summed E-state index contributed by atoms with van der Waals surface area (Å²) in [5.74, 6) is 0.753. The third-order valence-electron chi connectivity index (χ3n) is 12.8. The maximum absolute atomic E-state index is 8.68. The molecular formula is C60H56IrN4O2Si-2. The van der Waals surface area contributed by atoms with Crippen LogP contribution in [0.3, 0.4) is 0 Å². The largest absolute Gasteiger partial charge is 0.501 e. The van der Waals surface area contributed by atoms with E-state index in [4.69, 9.17) is 20.2 Å². The van der Waals surface area contributed by atoms with Crippen LogP contribution in [-0.2, 0) is 20.1 Å². The molecule has 68 heavy (non-hydrogen) atoms. The Bertz CT molecular complexity index is 3660. The second-order valence-electron chi connectivity index (χ2n) is 19.5. The van der Waals surface area contributed by atoms with Crippen molar-refractivity contribution in [2.24, 2.45) is 0 Å². The number of rotatable bonds is 8. The van der Waals surface area contributed by atoms with Crippen LogP contribution >= 0.6 is 0 Å². The van der Waals surface area contributed by atoms with E-state index in [0.717, 1.165) is 83.2 Å². The molecule has 11 aromatic rings. The predicted octanol–water partition coefficient (Wildman–Crippen LogP) is 16.1. The summed E-state index contributed by atoms with van der Waals surface area (Å²) in [5, 5.41) is 5.42. The van der Waals surface area contributed by atoms with Crippen LogP contribution in [0.25, 0.3) is 94.5 Å². The first-order valence-electron chi connectivity index (χ1n) is 23.8. The molecule has 6 nitrogen and oxygen atoms in total. The number of furan rings is 2. The molecule has 0 unspecified atom stereocenters. The average Bonchev–Trinajstić information content (AvgIpc) is 4.02. The SMILES string of the molecule is CC(C)c1cc(-c2ccccc2)cc(C(C)C)c1-n1c(-c2[c-]ccc3c2oc2ccccc23)nc2ccccc21.[2H]C(C)(C)c1cc(-c2[c-]ccc3c2oc2nc(C)ccc23)ncc1[Si](C)(C)C.[Ir]. The summed E-state index contributed by atoms with van der Waals surface area (Å²) in [5.41, 5.74) is 15.8. The van der Waals surface area contributed by atoms with Gasteiger partial charge in [0.15, 0.2) is 0 Å². The molecular weight excluding hydrogens is 1030 g/mol.